The van der Waals surface area contributed by atoms with Crippen molar-refractivity contribution in [1.29, 1.82) is 0 Å². The lowest BCUT2D eigenvalue weighted by atomic mass is 10.0. The summed E-state index contributed by atoms with van der Waals surface area (Å²) in [6.45, 7) is 5.15. The van der Waals surface area contributed by atoms with Gasteiger partial charge in [0.1, 0.15) is 11.5 Å². The number of nitrogens with one attached hydrogen (secondary N) is 1. The Hall–Kier alpha value is -1.87. The molecule has 1 N–H and O–H groups in total. The number of hydrogen-bond acceptors (Lipinski definition) is 3. The summed E-state index contributed by atoms with van der Waals surface area (Å²) in [5.74, 6) is 2.15. The molecule has 1 aromatic carbocycles. The normalized spacial score (nSPS) is 10.7. The summed E-state index contributed by atoms with van der Waals surface area (Å²) < 4.78 is 5.81. The summed E-state index contributed by atoms with van der Waals surface area (Å²) in [4.78, 5) is 4.18. The number of ether oxygens (including phenoxy) is 1. The average molecular weight is 256 g/mol. The molecule has 0 radical (unpaired) electrons. The van der Waals surface area contributed by atoms with E-state index in [1.54, 1.807) is 6.20 Å². The molecule has 0 bridgehead atoms. The molecular weight excluding hydrogens is 236 g/mol. The van der Waals surface area contributed by atoms with Crippen molar-refractivity contribution in [2.75, 3.05) is 7.05 Å². The van der Waals surface area contributed by atoms with E-state index in [-0.39, 0.29) is 0 Å². The van der Waals surface area contributed by atoms with Gasteiger partial charge in [0, 0.05) is 12.7 Å². The third-order valence-corrected chi connectivity index (χ3v) is 2.93. The van der Waals surface area contributed by atoms with Crippen LogP contribution in [0.3, 0.4) is 0 Å². The monoisotopic (exact) mass is 256 g/mol. The first-order valence-corrected chi connectivity index (χ1v) is 6.55. The van der Waals surface area contributed by atoms with Crippen molar-refractivity contribution in [1.82, 2.24) is 10.3 Å². The highest BCUT2D eigenvalue weighted by Gasteiger charge is 2.02. The quantitative estimate of drug-likeness (QED) is 0.885. The van der Waals surface area contributed by atoms with E-state index in [9.17, 15) is 0 Å². The minimum absolute atomic E-state index is 0.537. The Kier molecular flexibility index (Phi) is 4.53. The van der Waals surface area contributed by atoms with Crippen LogP contribution in [0.2, 0.25) is 0 Å². The van der Waals surface area contributed by atoms with E-state index in [2.05, 4.69) is 36.3 Å². The second kappa shape index (κ2) is 6.34. The van der Waals surface area contributed by atoms with Crippen LogP contribution in [0.15, 0.2) is 42.7 Å². The summed E-state index contributed by atoms with van der Waals surface area (Å²) in [5.41, 5.74) is 2.42. The summed E-state index contributed by atoms with van der Waals surface area (Å²) in [5, 5.41) is 3.10. The molecule has 1 aromatic heterocycles. The van der Waals surface area contributed by atoms with Crippen LogP contribution in [0, 0.1) is 0 Å². The maximum absolute atomic E-state index is 5.81. The Bertz CT molecular complexity index is 521. The maximum Gasteiger partial charge on any atom is 0.146 e. The molecule has 0 aliphatic heterocycles. The Morgan fingerprint density at radius 2 is 1.84 bits per heavy atom. The van der Waals surface area contributed by atoms with Gasteiger partial charge in [-0.1, -0.05) is 26.0 Å². The standard InChI is InChI=1S/C16H20N2O/c1-12(2)14-4-6-15(7-5-14)19-16-8-13(9-17-3)10-18-11-16/h4-8,10-12,17H,9H2,1-3H3. The summed E-state index contributed by atoms with van der Waals surface area (Å²) in [6.07, 6.45) is 3.57. The third kappa shape index (κ3) is 3.80. The van der Waals surface area contributed by atoms with Crippen LogP contribution in [-0.4, -0.2) is 12.0 Å². The van der Waals surface area contributed by atoms with Crippen molar-refractivity contribution in [3.05, 3.63) is 53.9 Å². The molecule has 2 aromatic rings. The number of rotatable bonds is 5. The molecule has 0 saturated carbocycles. The highest BCUT2D eigenvalue weighted by Crippen LogP contribution is 2.23. The highest BCUT2D eigenvalue weighted by molar-refractivity contribution is 5.34. The van der Waals surface area contributed by atoms with Crippen LogP contribution in [-0.2, 0) is 6.54 Å². The van der Waals surface area contributed by atoms with Gasteiger partial charge in [0.05, 0.1) is 6.20 Å². The first-order valence-electron chi connectivity index (χ1n) is 6.55. The lowest BCUT2D eigenvalue weighted by Crippen LogP contribution is -2.05. The summed E-state index contributed by atoms with van der Waals surface area (Å²) >= 11 is 0. The van der Waals surface area contributed by atoms with Gasteiger partial charge in [0.25, 0.3) is 0 Å². The van der Waals surface area contributed by atoms with Crippen molar-refractivity contribution >= 4 is 0 Å². The van der Waals surface area contributed by atoms with Crippen LogP contribution in [0.5, 0.6) is 11.5 Å². The van der Waals surface area contributed by atoms with Crippen molar-refractivity contribution < 1.29 is 4.74 Å². The van der Waals surface area contributed by atoms with E-state index in [1.807, 2.05) is 31.4 Å². The van der Waals surface area contributed by atoms with Gasteiger partial charge < -0.3 is 10.1 Å². The summed E-state index contributed by atoms with van der Waals surface area (Å²) in [6, 6.07) is 10.2. The molecule has 19 heavy (non-hydrogen) atoms. The minimum Gasteiger partial charge on any atom is -0.456 e. The number of pyridine rings is 1. The van der Waals surface area contributed by atoms with E-state index in [0.29, 0.717) is 5.92 Å². The van der Waals surface area contributed by atoms with Crippen LogP contribution in [0.4, 0.5) is 0 Å². The number of benzene rings is 1. The van der Waals surface area contributed by atoms with Gasteiger partial charge in [-0.3, -0.25) is 4.98 Å². The number of nitrogens with zero attached hydrogens (tertiary/aromatic N) is 1. The Morgan fingerprint density at radius 3 is 2.47 bits per heavy atom. The molecule has 0 fully saturated rings. The molecule has 3 nitrogen and oxygen atoms in total. The van der Waals surface area contributed by atoms with E-state index in [1.165, 1.54) is 5.56 Å². The predicted octanol–water partition coefficient (Wildman–Crippen LogP) is 3.72. The van der Waals surface area contributed by atoms with Gasteiger partial charge in [-0.15, -0.1) is 0 Å². The Labute approximate surface area is 114 Å². The molecule has 0 saturated heterocycles. The van der Waals surface area contributed by atoms with Crippen LogP contribution >= 0.6 is 0 Å². The van der Waals surface area contributed by atoms with E-state index in [0.717, 1.165) is 23.6 Å². The molecule has 0 unspecified atom stereocenters. The first kappa shape index (κ1) is 13.6. The molecule has 0 aliphatic rings. The Morgan fingerprint density at radius 1 is 1.11 bits per heavy atom. The molecule has 1 heterocycles. The van der Waals surface area contributed by atoms with Gasteiger partial charge >= 0.3 is 0 Å². The van der Waals surface area contributed by atoms with Crippen LogP contribution < -0.4 is 10.1 Å². The molecule has 2 rings (SSSR count). The van der Waals surface area contributed by atoms with Crippen LogP contribution in [0.25, 0.3) is 0 Å². The maximum atomic E-state index is 5.81. The van der Waals surface area contributed by atoms with Gasteiger partial charge in [-0.25, -0.2) is 0 Å². The zero-order valence-electron chi connectivity index (χ0n) is 11.7. The van der Waals surface area contributed by atoms with E-state index in [4.69, 9.17) is 4.74 Å². The molecule has 0 aliphatic carbocycles. The number of hydrogen-bond donors (Lipinski definition) is 1. The second-order valence-electron chi connectivity index (χ2n) is 4.89. The fourth-order valence-corrected chi connectivity index (χ4v) is 1.88. The fourth-order valence-electron chi connectivity index (χ4n) is 1.88. The average Bonchev–Trinajstić information content (AvgIpc) is 2.40. The van der Waals surface area contributed by atoms with E-state index >= 15 is 0 Å². The Balaban J connectivity index is 2.10. The lowest BCUT2D eigenvalue weighted by molar-refractivity contribution is 0.479. The highest BCUT2D eigenvalue weighted by atomic mass is 16.5. The van der Waals surface area contributed by atoms with Gasteiger partial charge in [0.2, 0.25) is 0 Å². The smallest absolute Gasteiger partial charge is 0.146 e. The molecule has 0 atom stereocenters. The van der Waals surface area contributed by atoms with Crippen LogP contribution in [0.1, 0.15) is 30.9 Å². The zero-order chi connectivity index (χ0) is 13.7. The zero-order valence-corrected chi connectivity index (χ0v) is 11.7. The van der Waals surface area contributed by atoms with Crippen molar-refractivity contribution in [2.45, 2.75) is 26.3 Å². The van der Waals surface area contributed by atoms with E-state index < -0.39 is 0 Å². The van der Waals surface area contributed by atoms with Crippen molar-refractivity contribution in [2.24, 2.45) is 0 Å². The van der Waals surface area contributed by atoms with Gasteiger partial charge in [-0.05, 0) is 42.3 Å². The van der Waals surface area contributed by atoms with Gasteiger partial charge in [-0.2, -0.15) is 0 Å². The third-order valence-electron chi connectivity index (χ3n) is 2.93. The van der Waals surface area contributed by atoms with Gasteiger partial charge in [0.15, 0.2) is 0 Å². The topological polar surface area (TPSA) is 34.2 Å². The molecule has 0 spiro atoms. The lowest BCUT2D eigenvalue weighted by Gasteiger charge is -2.09. The number of aromatic nitrogens is 1. The molecular formula is C16H20N2O. The largest absolute Gasteiger partial charge is 0.456 e. The fraction of sp³-hybridized carbons (Fsp3) is 0.312. The molecule has 3 heteroatoms. The predicted molar refractivity (Wildman–Crippen MR) is 77.6 cm³/mol. The molecule has 0 amide bonds. The SMILES string of the molecule is CNCc1cncc(Oc2ccc(C(C)C)cc2)c1. The minimum atomic E-state index is 0.537. The van der Waals surface area contributed by atoms with Crippen molar-refractivity contribution in [3.63, 3.8) is 0 Å². The second-order valence-corrected chi connectivity index (χ2v) is 4.89. The molecule has 100 valence electrons. The van der Waals surface area contributed by atoms with Crippen molar-refractivity contribution in [3.8, 4) is 11.5 Å². The first-order chi connectivity index (χ1) is 9.19. The summed E-state index contributed by atoms with van der Waals surface area (Å²) in [7, 11) is 1.91.